The van der Waals surface area contributed by atoms with Crippen LogP contribution in [0.5, 0.6) is 17.2 Å². The lowest BCUT2D eigenvalue weighted by Gasteiger charge is -2.41. The number of amides is 2. The fourth-order valence-corrected chi connectivity index (χ4v) is 13.7. The third kappa shape index (κ3) is 12.8. The fraction of sp³-hybridized carbons (Fsp3) is 0.424. The molecular weight excluding hydrogens is 1100 g/mol. The number of methoxy groups -OCH3 is 2. The summed E-state index contributed by atoms with van der Waals surface area (Å²) in [6.45, 7) is 9.09. The molecule has 4 aromatic heterocycles. The van der Waals surface area contributed by atoms with E-state index in [1.807, 2.05) is 54.6 Å². The van der Waals surface area contributed by atoms with E-state index in [9.17, 15) is 9.59 Å². The van der Waals surface area contributed by atoms with Crippen molar-refractivity contribution in [1.82, 2.24) is 48.7 Å². The highest BCUT2D eigenvalue weighted by Crippen LogP contribution is 2.49. The number of carbonyl (C=O) groups excluding carboxylic acids is 2. The first-order chi connectivity index (χ1) is 41.9. The summed E-state index contributed by atoms with van der Waals surface area (Å²) in [5.74, 6) is 2.61. The van der Waals surface area contributed by atoms with Crippen molar-refractivity contribution in [1.29, 1.82) is 0 Å². The van der Waals surface area contributed by atoms with E-state index in [2.05, 4.69) is 92.9 Å². The van der Waals surface area contributed by atoms with Gasteiger partial charge in [-0.25, -0.2) is 19.9 Å². The molecule has 0 radical (unpaired) electrons. The number of nitrogens with zero attached hydrogens (tertiary/aromatic N) is 10. The molecule has 4 aromatic carbocycles. The Kier molecular flexibility index (Phi) is 17.7. The number of anilines is 4. The van der Waals surface area contributed by atoms with Crippen molar-refractivity contribution in [2.75, 3.05) is 109 Å². The number of nitrogens with two attached hydrogens (primary N) is 2. The van der Waals surface area contributed by atoms with Crippen molar-refractivity contribution >= 4 is 68.5 Å². The lowest BCUT2D eigenvalue weighted by molar-refractivity contribution is -0.118. The predicted octanol–water partition coefficient (Wildman–Crippen LogP) is 10.3. The number of hydrogen-bond acceptors (Lipinski definition) is 15. The van der Waals surface area contributed by atoms with Crippen LogP contribution in [0.2, 0.25) is 5.02 Å². The Balaban J connectivity index is 0.000000168. The van der Waals surface area contributed by atoms with Crippen LogP contribution in [-0.2, 0) is 9.59 Å². The lowest BCUT2D eigenvalue weighted by atomic mass is 9.89. The molecule has 6 N–H and O–H groups in total. The van der Waals surface area contributed by atoms with Gasteiger partial charge in [0, 0.05) is 111 Å². The van der Waals surface area contributed by atoms with Gasteiger partial charge in [-0.15, -0.1) is 0 Å². The van der Waals surface area contributed by atoms with Gasteiger partial charge >= 0.3 is 0 Å². The van der Waals surface area contributed by atoms with E-state index >= 15 is 0 Å². The number of piperazine rings is 2. The summed E-state index contributed by atoms with van der Waals surface area (Å²) in [6.07, 6.45) is 17.5. The number of benzene rings is 4. The summed E-state index contributed by atoms with van der Waals surface area (Å²) in [4.78, 5) is 54.0. The molecule has 86 heavy (non-hydrogen) atoms. The van der Waals surface area contributed by atoms with Gasteiger partial charge < -0.3 is 55.2 Å². The first kappa shape index (κ1) is 58.6. The zero-order chi connectivity index (χ0) is 59.4. The number of nitrogen functional groups attached to an aromatic ring is 2. The van der Waals surface area contributed by atoms with Gasteiger partial charge in [0.15, 0.2) is 6.61 Å². The molecule has 2 atom stereocenters. The highest BCUT2D eigenvalue weighted by Gasteiger charge is 2.44. The van der Waals surface area contributed by atoms with Gasteiger partial charge in [-0.1, -0.05) is 54.1 Å². The molecule has 19 nitrogen and oxygen atoms in total. The molecule has 13 rings (SSSR count). The van der Waals surface area contributed by atoms with E-state index < -0.39 is 0 Å². The molecule has 3 aliphatic carbocycles. The highest BCUT2D eigenvalue weighted by molar-refractivity contribution is 6.30. The second-order valence-electron chi connectivity index (χ2n) is 23.9. The van der Waals surface area contributed by atoms with Crippen LogP contribution in [0.3, 0.4) is 0 Å². The molecule has 0 bridgehead atoms. The largest absolute Gasteiger partial charge is 0.495 e. The molecule has 5 fully saturated rings. The van der Waals surface area contributed by atoms with Gasteiger partial charge in [0.05, 0.1) is 36.4 Å². The third-order valence-corrected chi connectivity index (χ3v) is 18.9. The number of ether oxygens (including phenoxy) is 3. The van der Waals surface area contributed by atoms with Gasteiger partial charge in [-0.2, -0.15) is 0 Å². The molecule has 6 heterocycles. The Morgan fingerprint density at radius 1 is 0.581 bits per heavy atom. The summed E-state index contributed by atoms with van der Waals surface area (Å²) in [5, 5.41) is 8.30. The van der Waals surface area contributed by atoms with Crippen LogP contribution in [-0.4, -0.2) is 160 Å². The standard InChI is InChI=1S/C34H41N7O2.C32H38ClN7O3/c1-39-14-16-40(17-15-39)24-9-11-25(12-10-24)41-20-28(31-32(35)36-21-37-33(31)41)23-8-13-29(30(18-23)43-2)38-34(42)27-19-26(27)22-6-4-3-5-7-22;1-38-13-15-39(16-14-38)23-6-8-24(9-7-23)40-18-26(30-31(34)35-20-36-32(30)40)21-3-12-27(28(17-21)42-2)37-29(41)19-43-25-10-4-22(33)5-11-25/h3-8,13,18,20-21,24-27H,9-12,14-17,19H2,1-2H3,(H,38,42)(H2,35,36,37);3-5,10-12,17-18,20,23-24H,6-9,13-16,19H2,1-2H3,(H,37,41)(H2,34,35,36)/t24?,25?,26-,27?;/m1./s1. The Bertz CT molecular complexity index is 3660. The Labute approximate surface area is 508 Å². The van der Waals surface area contributed by atoms with Crippen LogP contribution in [0, 0.1) is 5.92 Å². The number of fused-ring (bicyclic) bond motifs is 2. The van der Waals surface area contributed by atoms with Crippen molar-refractivity contribution < 1.29 is 23.8 Å². The summed E-state index contributed by atoms with van der Waals surface area (Å²) < 4.78 is 21.6. The molecular formula is C66H79ClN14O5. The van der Waals surface area contributed by atoms with Crippen molar-refractivity contribution in [2.45, 2.75) is 87.9 Å². The van der Waals surface area contributed by atoms with Crippen LogP contribution < -0.4 is 36.3 Å². The number of halogens is 1. The molecule has 2 aliphatic heterocycles. The van der Waals surface area contributed by atoms with Crippen LogP contribution in [0.4, 0.5) is 23.0 Å². The molecule has 1 unspecified atom stereocenters. The van der Waals surface area contributed by atoms with E-state index in [4.69, 9.17) is 42.3 Å². The molecule has 450 valence electrons. The fourth-order valence-electron chi connectivity index (χ4n) is 13.6. The van der Waals surface area contributed by atoms with Crippen molar-refractivity contribution in [3.63, 3.8) is 0 Å². The first-order valence-corrected chi connectivity index (χ1v) is 30.8. The number of aromatic nitrogens is 6. The summed E-state index contributed by atoms with van der Waals surface area (Å²) in [7, 11) is 7.64. The van der Waals surface area contributed by atoms with Crippen molar-refractivity contribution in [3.05, 3.63) is 127 Å². The van der Waals surface area contributed by atoms with Gasteiger partial charge in [0.1, 0.15) is 52.8 Å². The van der Waals surface area contributed by atoms with Crippen LogP contribution in [0.15, 0.2) is 116 Å². The van der Waals surface area contributed by atoms with Gasteiger partial charge in [-0.3, -0.25) is 19.4 Å². The number of carbonyl (C=O) groups is 2. The predicted molar refractivity (Wildman–Crippen MR) is 340 cm³/mol. The number of hydrogen-bond donors (Lipinski definition) is 4. The normalized spacial score (nSPS) is 22.2. The number of rotatable bonds is 15. The third-order valence-electron chi connectivity index (χ3n) is 18.6. The van der Waals surface area contributed by atoms with E-state index in [0.29, 0.717) is 69.4 Å². The zero-order valence-electron chi connectivity index (χ0n) is 49.7. The summed E-state index contributed by atoms with van der Waals surface area (Å²) in [6, 6.07) is 30.8. The summed E-state index contributed by atoms with van der Waals surface area (Å²) >= 11 is 5.92. The van der Waals surface area contributed by atoms with Gasteiger partial charge in [-0.05, 0) is 143 Å². The van der Waals surface area contributed by atoms with E-state index in [1.54, 1.807) is 51.1 Å². The molecule has 0 spiro atoms. The van der Waals surface area contributed by atoms with Crippen molar-refractivity contribution in [3.8, 4) is 39.5 Å². The number of likely N-dealkylation sites (N-methyl/N-ethyl adjacent to an activating group) is 2. The second-order valence-corrected chi connectivity index (χ2v) is 24.3. The second kappa shape index (κ2) is 26.0. The summed E-state index contributed by atoms with van der Waals surface area (Å²) in [5.41, 5.74) is 20.9. The minimum atomic E-state index is -0.303. The van der Waals surface area contributed by atoms with Gasteiger partial charge in [0.25, 0.3) is 5.91 Å². The molecule has 5 aliphatic rings. The Morgan fingerprint density at radius 2 is 1.05 bits per heavy atom. The number of nitrogens with one attached hydrogen (secondary N) is 2. The molecule has 2 saturated heterocycles. The SMILES string of the molecule is COc1cc(-c2cn(C3CCC(N4CCN(C)CC4)CC3)c3ncnc(N)c23)ccc1NC(=O)C1C[C@@H]1c1ccccc1.COc1cc(-c2cn(C3CCC(N4CCN(C)CC4)CC3)c3ncnc(N)c23)ccc1NC(=O)COc1ccc(Cl)cc1. The van der Waals surface area contributed by atoms with E-state index in [-0.39, 0.29) is 30.3 Å². The molecule has 3 saturated carbocycles. The molecule has 8 aromatic rings. The van der Waals surface area contributed by atoms with Crippen LogP contribution in [0.25, 0.3) is 44.3 Å². The smallest absolute Gasteiger partial charge is 0.262 e. The maximum absolute atomic E-state index is 13.1. The molecule has 20 heteroatoms. The Hall–Kier alpha value is -7.81. The maximum Gasteiger partial charge on any atom is 0.262 e. The van der Waals surface area contributed by atoms with Crippen molar-refractivity contribution in [2.24, 2.45) is 5.92 Å². The quantitative estimate of drug-likeness (QED) is 0.0752. The average Bonchev–Trinajstić information content (AvgIpc) is 2.14. The Morgan fingerprint density at radius 3 is 1.52 bits per heavy atom. The topological polar surface area (TPSA) is 212 Å². The lowest BCUT2D eigenvalue weighted by Crippen LogP contribution is -2.49. The minimum absolute atomic E-state index is 0.0203. The maximum atomic E-state index is 13.1. The average molecular weight is 1180 g/mol. The first-order valence-electron chi connectivity index (χ1n) is 30.4. The zero-order valence-corrected chi connectivity index (χ0v) is 50.5. The van der Waals surface area contributed by atoms with Crippen LogP contribution in [0.1, 0.15) is 81.4 Å². The highest BCUT2D eigenvalue weighted by atomic mass is 35.5. The van der Waals surface area contributed by atoms with E-state index in [0.717, 1.165) is 116 Å². The monoisotopic (exact) mass is 1180 g/mol. The minimum Gasteiger partial charge on any atom is -0.495 e. The van der Waals surface area contributed by atoms with E-state index in [1.165, 1.54) is 44.3 Å². The molecule has 2 amide bonds. The van der Waals surface area contributed by atoms with Crippen LogP contribution >= 0.6 is 11.6 Å². The van der Waals surface area contributed by atoms with Gasteiger partial charge in [0.2, 0.25) is 5.91 Å².